The van der Waals surface area contributed by atoms with Crippen molar-refractivity contribution in [2.75, 3.05) is 45.8 Å². The summed E-state index contributed by atoms with van der Waals surface area (Å²) in [5.74, 6) is 2.23. The lowest BCUT2D eigenvalue weighted by molar-refractivity contribution is -0.127. The third kappa shape index (κ3) is 7.22. The number of benzene rings is 1. The minimum Gasteiger partial charge on any atom is -0.357 e. The van der Waals surface area contributed by atoms with Gasteiger partial charge >= 0.3 is 0 Å². The van der Waals surface area contributed by atoms with E-state index in [0.29, 0.717) is 12.3 Å². The van der Waals surface area contributed by atoms with Crippen LogP contribution in [0, 0.1) is 11.8 Å². The van der Waals surface area contributed by atoms with E-state index in [4.69, 9.17) is 4.99 Å². The summed E-state index contributed by atoms with van der Waals surface area (Å²) in [5, 5.41) is 6.89. The minimum atomic E-state index is 0.0502. The van der Waals surface area contributed by atoms with Gasteiger partial charge < -0.3 is 15.5 Å². The lowest BCUT2D eigenvalue weighted by Crippen LogP contribution is -2.51. The highest BCUT2D eigenvalue weighted by Gasteiger charge is 2.31. The standard InChI is InChI=1S/C26H43N5O/c1-5-27-25(29-20-26(3,4)31-14-9-10-21(2)18-31)28-17-23-16-24(32)30(19-23)15-13-22-11-7-6-8-12-22/h6-8,11-12,21,23H,5,9-10,13-20H2,1-4H3,(H2,27,28,29). The van der Waals surface area contributed by atoms with Gasteiger partial charge in [0.1, 0.15) is 0 Å². The van der Waals surface area contributed by atoms with Gasteiger partial charge in [-0.3, -0.25) is 14.7 Å². The van der Waals surface area contributed by atoms with Gasteiger partial charge in [-0.25, -0.2) is 0 Å². The van der Waals surface area contributed by atoms with Crippen LogP contribution in [-0.4, -0.2) is 73.0 Å². The zero-order valence-electron chi connectivity index (χ0n) is 20.6. The first-order chi connectivity index (χ1) is 15.4. The van der Waals surface area contributed by atoms with Crippen molar-refractivity contribution in [2.45, 2.75) is 58.9 Å². The average Bonchev–Trinajstić information content (AvgIpc) is 3.14. The molecule has 0 bridgehead atoms. The summed E-state index contributed by atoms with van der Waals surface area (Å²) in [6.07, 6.45) is 4.16. The molecule has 0 aromatic heterocycles. The number of nitrogens with zero attached hydrogens (tertiary/aromatic N) is 3. The normalized spacial score (nSPS) is 22.9. The van der Waals surface area contributed by atoms with Crippen LogP contribution in [0.4, 0.5) is 0 Å². The summed E-state index contributed by atoms with van der Waals surface area (Å²) in [5.41, 5.74) is 1.34. The second-order valence-corrected chi connectivity index (χ2v) is 10.2. The van der Waals surface area contributed by atoms with Crippen LogP contribution in [0.5, 0.6) is 0 Å². The molecule has 2 atom stereocenters. The Balaban J connectivity index is 1.47. The molecule has 1 amide bonds. The van der Waals surface area contributed by atoms with Crippen molar-refractivity contribution < 1.29 is 4.79 Å². The highest BCUT2D eigenvalue weighted by molar-refractivity contribution is 5.81. The molecule has 2 N–H and O–H groups in total. The maximum Gasteiger partial charge on any atom is 0.223 e. The van der Waals surface area contributed by atoms with Crippen LogP contribution in [0.1, 0.15) is 52.5 Å². The number of hydrogen-bond acceptors (Lipinski definition) is 3. The monoisotopic (exact) mass is 441 g/mol. The minimum absolute atomic E-state index is 0.0502. The van der Waals surface area contributed by atoms with Crippen molar-refractivity contribution in [3.8, 4) is 0 Å². The largest absolute Gasteiger partial charge is 0.357 e. The summed E-state index contributed by atoms with van der Waals surface area (Å²) in [6, 6.07) is 10.4. The molecule has 2 aliphatic heterocycles. The zero-order valence-corrected chi connectivity index (χ0v) is 20.6. The lowest BCUT2D eigenvalue weighted by Gasteiger charge is -2.42. The molecule has 0 spiro atoms. The molecule has 0 aliphatic carbocycles. The second kappa shape index (κ2) is 11.7. The Morgan fingerprint density at radius 3 is 2.69 bits per heavy atom. The summed E-state index contributed by atoms with van der Waals surface area (Å²) < 4.78 is 0. The molecule has 6 heteroatoms. The van der Waals surface area contributed by atoms with E-state index < -0.39 is 0 Å². The summed E-state index contributed by atoms with van der Waals surface area (Å²) in [6.45, 7) is 15.4. The van der Waals surface area contributed by atoms with Gasteiger partial charge in [-0.05, 0) is 58.1 Å². The number of piperidine rings is 1. The second-order valence-electron chi connectivity index (χ2n) is 10.2. The quantitative estimate of drug-likeness (QED) is 0.457. The average molecular weight is 442 g/mol. The van der Waals surface area contributed by atoms with E-state index in [1.807, 2.05) is 11.0 Å². The van der Waals surface area contributed by atoms with Crippen LogP contribution in [0.2, 0.25) is 0 Å². The maximum absolute atomic E-state index is 12.5. The molecule has 1 aromatic rings. The van der Waals surface area contributed by atoms with Crippen molar-refractivity contribution >= 4 is 11.9 Å². The van der Waals surface area contributed by atoms with Crippen molar-refractivity contribution in [3.63, 3.8) is 0 Å². The summed E-state index contributed by atoms with van der Waals surface area (Å²) in [7, 11) is 0. The van der Waals surface area contributed by atoms with Crippen molar-refractivity contribution in [3.05, 3.63) is 35.9 Å². The van der Waals surface area contributed by atoms with E-state index in [0.717, 1.165) is 57.6 Å². The molecule has 2 unspecified atom stereocenters. The molecule has 32 heavy (non-hydrogen) atoms. The first-order valence-corrected chi connectivity index (χ1v) is 12.5. The van der Waals surface area contributed by atoms with Gasteiger partial charge in [0, 0.05) is 50.6 Å². The van der Waals surface area contributed by atoms with E-state index in [1.54, 1.807) is 0 Å². The van der Waals surface area contributed by atoms with Gasteiger partial charge in [0.2, 0.25) is 5.91 Å². The number of nitrogens with one attached hydrogen (secondary N) is 2. The predicted molar refractivity (Wildman–Crippen MR) is 133 cm³/mol. The highest BCUT2D eigenvalue weighted by Crippen LogP contribution is 2.24. The molecule has 0 radical (unpaired) electrons. The van der Waals surface area contributed by atoms with Crippen LogP contribution in [0.3, 0.4) is 0 Å². The number of carbonyl (C=O) groups excluding carboxylic acids is 1. The number of guanidine groups is 1. The SMILES string of the molecule is CCNC(=NCC(C)(C)N1CCCC(C)C1)NCC1CC(=O)N(CCc2ccccc2)C1. The Morgan fingerprint density at radius 2 is 1.97 bits per heavy atom. The predicted octanol–water partition coefficient (Wildman–Crippen LogP) is 3.14. The summed E-state index contributed by atoms with van der Waals surface area (Å²) >= 11 is 0. The topological polar surface area (TPSA) is 60.0 Å². The molecule has 0 saturated carbocycles. The first-order valence-electron chi connectivity index (χ1n) is 12.5. The van der Waals surface area contributed by atoms with E-state index in [1.165, 1.54) is 24.9 Å². The van der Waals surface area contributed by atoms with Gasteiger partial charge in [0.15, 0.2) is 5.96 Å². The Bertz CT molecular complexity index is 748. The smallest absolute Gasteiger partial charge is 0.223 e. The van der Waals surface area contributed by atoms with Crippen LogP contribution in [0.25, 0.3) is 0 Å². The van der Waals surface area contributed by atoms with Gasteiger partial charge in [-0.1, -0.05) is 37.3 Å². The fourth-order valence-corrected chi connectivity index (χ4v) is 4.81. The molecule has 2 aliphatic rings. The van der Waals surface area contributed by atoms with Crippen LogP contribution in [0.15, 0.2) is 35.3 Å². The zero-order chi connectivity index (χ0) is 23.0. The van der Waals surface area contributed by atoms with Crippen LogP contribution < -0.4 is 10.6 Å². The fourth-order valence-electron chi connectivity index (χ4n) is 4.81. The van der Waals surface area contributed by atoms with Crippen LogP contribution >= 0.6 is 0 Å². The number of rotatable bonds is 9. The molecule has 1 aromatic carbocycles. The Kier molecular flexibility index (Phi) is 8.97. The molecule has 3 rings (SSSR count). The highest BCUT2D eigenvalue weighted by atomic mass is 16.2. The molecular formula is C26H43N5O. The third-order valence-corrected chi connectivity index (χ3v) is 6.85. The van der Waals surface area contributed by atoms with E-state index in [9.17, 15) is 4.79 Å². The number of amides is 1. The maximum atomic E-state index is 12.5. The van der Waals surface area contributed by atoms with E-state index >= 15 is 0 Å². The number of aliphatic imine (C=N–C) groups is 1. The molecular weight excluding hydrogens is 398 g/mol. The number of hydrogen-bond donors (Lipinski definition) is 2. The Hall–Kier alpha value is -2.08. The van der Waals surface area contributed by atoms with Crippen molar-refractivity contribution in [1.82, 2.24) is 20.4 Å². The first kappa shape index (κ1) is 24.6. The van der Waals surface area contributed by atoms with Gasteiger partial charge in [-0.2, -0.15) is 0 Å². The van der Waals surface area contributed by atoms with Gasteiger partial charge in [0.05, 0.1) is 6.54 Å². The third-order valence-electron chi connectivity index (χ3n) is 6.85. The number of likely N-dealkylation sites (tertiary alicyclic amines) is 2. The molecule has 2 heterocycles. The molecule has 2 saturated heterocycles. The molecule has 2 fully saturated rings. The van der Waals surface area contributed by atoms with Gasteiger partial charge in [0.25, 0.3) is 0 Å². The number of carbonyl (C=O) groups is 1. The Morgan fingerprint density at radius 1 is 1.19 bits per heavy atom. The van der Waals surface area contributed by atoms with E-state index in [-0.39, 0.29) is 11.4 Å². The van der Waals surface area contributed by atoms with Crippen molar-refractivity contribution in [1.29, 1.82) is 0 Å². The van der Waals surface area contributed by atoms with Crippen molar-refractivity contribution in [2.24, 2.45) is 16.8 Å². The van der Waals surface area contributed by atoms with Crippen LogP contribution in [-0.2, 0) is 11.2 Å². The lowest BCUT2D eigenvalue weighted by atomic mass is 9.94. The molecule has 178 valence electrons. The van der Waals surface area contributed by atoms with E-state index in [2.05, 4.69) is 67.5 Å². The fraction of sp³-hybridized carbons (Fsp3) is 0.692. The summed E-state index contributed by atoms with van der Waals surface area (Å²) in [4.78, 5) is 22.0. The molecule has 6 nitrogen and oxygen atoms in total. The van der Waals surface area contributed by atoms with Gasteiger partial charge in [-0.15, -0.1) is 0 Å². The Labute approximate surface area is 194 Å².